The van der Waals surface area contributed by atoms with E-state index in [0.29, 0.717) is 5.92 Å². The molecule has 1 atom stereocenters. The molecule has 1 aromatic carbocycles. The van der Waals surface area contributed by atoms with Gasteiger partial charge in [-0.15, -0.1) is 6.58 Å². The average molecular weight is 209 g/mol. The highest BCUT2D eigenvalue weighted by Gasteiger charge is 2.05. The molecule has 0 nitrogen and oxygen atoms in total. The van der Waals surface area contributed by atoms with Gasteiger partial charge in [-0.1, -0.05) is 30.7 Å². The first-order valence-electron chi connectivity index (χ1n) is 5.05. The van der Waals surface area contributed by atoms with E-state index in [4.69, 9.17) is 11.6 Å². The van der Waals surface area contributed by atoms with Crippen LogP contribution in [0.2, 0.25) is 5.02 Å². The van der Waals surface area contributed by atoms with E-state index in [1.165, 1.54) is 11.1 Å². The number of benzene rings is 1. The van der Waals surface area contributed by atoms with E-state index < -0.39 is 0 Å². The summed E-state index contributed by atoms with van der Waals surface area (Å²) in [6, 6.07) is 6.08. The van der Waals surface area contributed by atoms with Crippen LogP contribution in [0, 0.1) is 12.8 Å². The van der Waals surface area contributed by atoms with Crippen LogP contribution in [0.25, 0.3) is 0 Å². The van der Waals surface area contributed by atoms with E-state index in [1.54, 1.807) is 0 Å². The molecule has 14 heavy (non-hydrogen) atoms. The second-order valence-electron chi connectivity index (χ2n) is 3.68. The maximum atomic E-state index is 5.96. The molecule has 0 aliphatic heterocycles. The van der Waals surface area contributed by atoms with Crippen molar-refractivity contribution >= 4 is 11.6 Å². The Labute approximate surface area is 91.6 Å². The molecule has 1 rings (SSSR count). The minimum Gasteiger partial charge on any atom is -0.103 e. The van der Waals surface area contributed by atoms with E-state index >= 15 is 0 Å². The Kier molecular flexibility index (Phi) is 4.21. The van der Waals surface area contributed by atoms with E-state index in [2.05, 4.69) is 32.6 Å². The normalized spacial score (nSPS) is 12.5. The zero-order chi connectivity index (χ0) is 10.6. The molecule has 1 heteroatoms. The molecule has 0 N–H and O–H groups in total. The number of hydrogen-bond donors (Lipinski definition) is 0. The van der Waals surface area contributed by atoms with Crippen molar-refractivity contribution in [2.45, 2.75) is 26.7 Å². The van der Waals surface area contributed by atoms with Gasteiger partial charge >= 0.3 is 0 Å². The molecular weight excluding hydrogens is 192 g/mol. The zero-order valence-electron chi connectivity index (χ0n) is 8.89. The van der Waals surface area contributed by atoms with Crippen LogP contribution in [0.3, 0.4) is 0 Å². The highest BCUT2D eigenvalue weighted by molar-refractivity contribution is 6.30. The lowest BCUT2D eigenvalue weighted by molar-refractivity contribution is 0.624. The molecule has 0 saturated heterocycles. The molecule has 76 valence electrons. The fourth-order valence-electron chi connectivity index (χ4n) is 1.54. The number of halogens is 1. The molecule has 0 radical (unpaired) electrons. The molecule has 0 amide bonds. The molecule has 0 aromatic heterocycles. The standard InChI is InChI=1S/C13H17Cl/c1-4-11(5-2)8-12-9-13(14)7-6-10(12)3/h4,6-7,9,11H,1,5,8H2,2-3H3. The molecule has 0 fully saturated rings. The van der Waals surface area contributed by atoms with Gasteiger partial charge < -0.3 is 0 Å². The minimum absolute atomic E-state index is 0.562. The number of hydrogen-bond acceptors (Lipinski definition) is 0. The first-order chi connectivity index (χ1) is 6.67. The van der Waals surface area contributed by atoms with Gasteiger partial charge in [0.05, 0.1) is 0 Å². The lowest BCUT2D eigenvalue weighted by Gasteiger charge is -2.12. The summed E-state index contributed by atoms with van der Waals surface area (Å²) in [4.78, 5) is 0. The van der Waals surface area contributed by atoms with Gasteiger partial charge in [-0.05, 0) is 48.9 Å². The highest BCUT2D eigenvalue weighted by atomic mass is 35.5. The Morgan fingerprint density at radius 1 is 1.50 bits per heavy atom. The van der Waals surface area contributed by atoms with Crippen LogP contribution >= 0.6 is 11.6 Å². The van der Waals surface area contributed by atoms with Crippen molar-refractivity contribution in [3.63, 3.8) is 0 Å². The van der Waals surface area contributed by atoms with Crippen LogP contribution in [0.15, 0.2) is 30.9 Å². The summed E-state index contributed by atoms with van der Waals surface area (Å²) >= 11 is 5.96. The third kappa shape index (κ3) is 2.88. The summed E-state index contributed by atoms with van der Waals surface area (Å²) < 4.78 is 0. The molecule has 1 aromatic rings. The van der Waals surface area contributed by atoms with Gasteiger partial charge in [0.25, 0.3) is 0 Å². The van der Waals surface area contributed by atoms with Gasteiger partial charge in [0.15, 0.2) is 0 Å². The molecule has 1 unspecified atom stereocenters. The van der Waals surface area contributed by atoms with Crippen LogP contribution in [0.4, 0.5) is 0 Å². The summed E-state index contributed by atoms with van der Waals surface area (Å²) in [5.74, 6) is 0.562. The monoisotopic (exact) mass is 208 g/mol. The zero-order valence-corrected chi connectivity index (χ0v) is 9.64. The van der Waals surface area contributed by atoms with E-state index in [-0.39, 0.29) is 0 Å². The summed E-state index contributed by atoms with van der Waals surface area (Å²) in [7, 11) is 0. The molecule has 0 spiro atoms. The first-order valence-corrected chi connectivity index (χ1v) is 5.42. The van der Waals surface area contributed by atoms with Crippen LogP contribution in [0.1, 0.15) is 24.5 Å². The number of rotatable bonds is 4. The van der Waals surface area contributed by atoms with Gasteiger partial charge in [-0.3, -0.25) is 0 Å². The Bertz CT molecular complexity index is 315. The molecule has 0 aliphatic carbocycles. The van der Waals surface area contributed by atoms with Crippen molar-refractivity contribution in [3.8, 4) is 0 Å². The highest BCUT2D eigenvalue weighted by Crippen LogP contribution is 2.20. The van der Waals surface area contributed by atoms with Gasteiger partial charge in [-0.2, -0.15) is 0 Å². The predicted molar refractivity (Wildman–Crippen MR) is 63.9 cm³/mol. The second-order valence-corrected chi connectivity index (χ2v) is 4.12. The van der Waals surface area contributed by atoms with Crippen molar-refractivity contribution < 1.29 is 0 Å². The second kappa shape index (κ2) is 5.21. The topological polar surface area (TPSA) is 0 Å². The van der Waals surface area contributed by atoms with Crippen LogP contribution in [-0.2, 0) is 6.42 Å². The van der Waals surface area contributed by atoms with Crippen molar-refractivity contribution in [3.05, 3.63) is 47.0 Å². The van der Waals surface area contributed by atoms with Crippen LogP contribution in [-0.4, -0.2) is 0 Å². The minimum atomic E-state index is 0.562. The Balaban J connectivity index is 2.84. The maximum absolute atomic E-state index is 5.96. The molecule has 0 aliphatic rings. The number of allylic oxidation sites excluding steroid dienone is 1. The third-order valence-electron chi connectivity index (χ3n) is 2.65. The summed E-state index contributed by atoms with van der Waals surface area (Å²) in [5, 5.41) is 0.824. The Hall–Kier alpha value is -0.750. The van der Waals surface area contributed by atoms with Crippen molar-refractivity contribution in [2.24, 2.45) is 5.92 Å². The van der Waals surface area contributed by atoms with Crippen LogP contribution < -0.4 is 0 Å². The Morgan fingerprint density at radius 2 is 2.21 bits per heavy atom. The van der Waals surface area contributed by atoms with Gasteiger partial charge in [0.1, 0.15) is 0 Å². The van der Waals surface area contributed by atoms with E-state index in [9.17, 15) is 0 Å². The Morgan fingerprint density at radius 3 is 2.79 bits per heavy atom. The van der Waals surface area contributed by atoms with Gasteiger partial charge in [-0.25, -0.2) is 0 Å². The van der Waals surface area contributed by atoms with E-state index in [0.717, 1.165) is 17.9 Å². The van der Waals surface area contributed by atoms with Gasteiger partial charge in [0, 0.05) is 5.02 Å². The average Bonchev–Trinajstić information content (AvgIpc) is 2.19. The molecule has 0 bridgehead atoms. The largest absolute Gasteiger partial charge is 0.103 e. The van der Waals surface area contributed by atoms with Gasteiger partial charge in [0.2, 0.25) is 0 Å². The number of aryl methyl sites for hydroxylation is 1. The van der Waals surface area contributed by atoms with Crippen molar-refractivity contribution in [2.75, 3.05) is 0 Å². The smallest absolute Gasteiger partial charge is 0.0408 e. The van der Waals surface area contributed by atoms with Crippen LogP contribution in [0.5, 0.6) is 0 Å². The first kappa shape index (κ1) is 11.3. The fraction of sp³-hybridized carbons (Fsp3) is 0.385. The van der Waals surface area contributed by atoms with Crippen molar-refractivity contribution in [1.82, 2.24) is 0 Å². The summed E-state index contributed by atoms with van der Waals surface area (Å²) in [5.41, 5.74) is 2.65. The molecule has 0 saturated carbocycles. The fourth-order valence-corrected chi connectivity index (χ4v) is 1.73. The quantitative estimate of drug-likeness (QED) is 0.644. The third-order valence-corrected chi connectivity index (χ3v) is 2.89. The molecule has 0 heterocycles. The lowest BCUT2D eigenvalue weighted by atomic mass is 9.94. The SMILES string of the molecule is C=CC(CC)Cc1cc(Cl)ccc1C. The summed E-state index contributed by atoms with van der Waals surface area (Å²) in [6.07, 6.45) is 4.21. The maximum Gasteiger partial charge on any atom is 0.0408 e. The molecular formula is C13H17Cl. The summed E-state index contributed by atoms with van der Waals surface area (Å²) in [6.45, 7) is 8.16. The predicted octanol–water partition coefficient (Wildman–Crippen LogP) is 4.40. The van der Waals surface area contributed by atoms with Crippen molar-refractivity contribution in [1.29, 1.82) is 0 Å². The lowest BCUT2D eigenvalue weighted by Crippen LogP contribution is -2.01. The van der Waals surface area contributed by atoms with E-state index in [1.807, 2.05) is 12.1 Å².